The minimum atomic E-state index is -0.754. The molecule has 0 spiro atoms. The van der Waals surface area contributed by atoms with Crippen molar-refractivity contribution in [2.45, 2.75) is 57.4 Å². The Morgan fingerprint density at radius 2 is 1.89 bits per heavy atom. The van der Waals surface area contributed by atoms with Crippen molar-refractivity contribution in [3.05, 3.63) is 71.4 Å². The Morgan fingerprint density at radius 1 is 1.11 bits per heavy atom. The Hall–Kier alpha value is -2.55. The van der Waals surface area contributed by atoms with Gasteiger partial charge in [0.25, 0.3) is 0 Å². The number of aliphatic carboxylic acids is 1. The number of rotatable bonds is 5. The average Bonchev–Trinajstić information content (AvgIpc) is 3.06. The first-order valence-electron chi connectivity index (χ1n) is 10.0. The molecule has 1 aliphatic rings. The average molecular weight is 361 g/mol. The van der Waals surface area contributed by atoms with Gasteiger partial charge < -0.3 is 9.67 Å². The van der Waals surface area contributed by atoms with Gasteiger partial charge in [-0.1, -0.05) is 67.3 Å². The molecule has 1 atom stereocenters. The van der Waals surface area contributed by atoms with Gasteiger partial charge in [-0.2, -0.15) is 0 Å². The third-order valence-corrected chi connectivity index (χ3v) is 5.94. The number of nitrogens with zero attached hydrogens (tertiary/aromatic N) is 1. The summed E-state index contributed by atoms with van der Waals surface area (Å²) in [4.78, 5) is 11.7. The first kappa shape index (κ1) is 17.8. The fraction of sp³-hybridized carbons (Fsp3) is 0.375. The number of carboxylic acids is 1. The molecular weight excluding hydrogens is 334 g/mol. The van der Waals surface area contributed by atoms with Crippen LogP contribution in [0.3, 0.4) is 0 Å². The SMILES string of the molecule is Cc1cccc(C(CC(=O)O)c2cn(C3CCCCC3)c3ccccc23)c1. The van der Waals surface area contributed by atoms with E-state index in [9.17, 15) is 9.90 Å². The predicted octanol–water partition coefficient (Wildman–Crippen LogP) is 6.06. The van der Waals surface area contributed by atoms with Crippen LogP contribution in [0.25, 0.3) is 10.9 Å². The van der Waals surface area contributed by atoms with Crippen molar-refractivity contribution < 1.29 is 9.90 Å². The molecule has 0 saturated heterocycles. The zero-order valence-electron chi connectivity index (χ0n) is 15.9. The van der Waals surface area contributed by atoms with E-state index in [0.29, 0.717) is 6.04 Å². The van der Waals surface area contributed by atoms with Gasteiger partial charge in [0.2, 0.25) is 0 Å². The van der Waals surface area contributed by atoms with E-state index < -0.39 is 5.97 Å². The first-order chi connectivity index (χ1) is 13.1. The van der Waals surface area contributed by atoms with Gasteiger partial charge in [-0.3, -0.25) is 4.79 Å². The van der Waals surface area contributed by atoms with E-state index in [1.54, 1.807) is 0 Å². The van der Waals surface area contributed by atoms with Crippen LogP contribution in [0.15, 0.2) is 54.7 Å². The number of para-hydroxylation sites is 1. The number of carbonyl (C=O) groups is 1. The minimum absolute atomic E-state index is 0.113. The molecule has 0 aliphatic heterocycles. The molecule has 1 heterocycles. The number of carboxylic acid groups (broad SMARTS) is 1. The van der Waals surface area contributed by atoms with Crippen LogP contribution in [0.5, 0.6) is 0 Å². The van der Waals surface area contributed by atoms with E-state index in [2.05, 4.69) is 60.2 Å². The number of aromatic nitrogens is 1. The smallest absolute Gasteiger partial charge is 0.304 e. The van der Waals surface area contributed by atoms with Crippen molar-refractivity contribution in [2.75, 3.05) is 0 Å². The molecule has 140 valence electrons. The monoisotopic (exact) mass is 361 g/mol. The maximum Gasteiger partial charge on any atom is 0.304 e. The predicted molar refractivity (Wildman–Crippen MR) is 109 cm³/mol. The second-order valence-corrected chi connectivity index (χ2v) is 7.87. The highest BCUT2D eigenvalue weighted by Crippen LogP contribution is 2.39. The van der Waals surface area contributed by atoms with Crippen LogP contribution < -0.4 is 0 Å². The summed E-state index contributed by atoms with van der Waals surface area (Å²) in [6.07, 6.45) is 8.68. The van der Waals surface area contributed by atoms with Crippen LogP contribution in [-0.4, -0.2) is 15.6 Å². The molecular formula is C24H27NO2. The first-order valence-corrected chi connectivity index (χ1v) is 10.0. The lowest BCUT2D eigenvalue weighted by Gasteiger charge is -2.24. The molecule has 1 N–H and O–H groups in total. The van der Waals surface area contributed by atoms with Gasteiger partial charge in [-0.25, -0.2) is 0 Å². The molecule has 1 saturated carbocycles. The summed E-state index contributed by atoms with van der Waals surface area (Å²) >= 11 is 0. The summed E-state index contributed by atoms with van der Waals surface area (Å²) in [6.45, 7) is 2.06. The van der Waals surface area contributed by atoms with Crippen molar-refractivity contribution in [3.8, 4) is 0 Å². The normalized spacial score (nSPS) is 16.5. The second kappa shape index (κ2) is 7.59. The van der Waals surface area contributed by atoms with Gasteiger partial charge in [0.1, 0.15) is 0 Å². The molecule has 0 radical (unpaired) electrons. The zero-order valence-corrected chi connectivity index (χ0v) is 15.9. The van der Waals surface area contributed by atoms with Gasteiger partial charge in [0, 0.05) is 29.1 Å². The lowest BCUT2D eigenvalue weighted by atomic mass is 9.87. The Kier molecular flexibility index (Phi) is 5.02. The van der Waals surface area contributed by atoms with Crippen LogP contribution in [0.1, 0.15) is 67.2 Å². The quantitative estimate of drug-likeness (QED) is 0.600. The largest absolute Gasteiger partial charge is 0.481 e. The molecule has 4 rings (SSSR count). The molecule has 3 heteroatoms. The summed E-state index contributed by atoms with van der Waals surface area (Å²) in [6, 6.07) is 17.3. The van der Waals surface area contributed by atoms with E-state index in [0.717, 1.165) is 11.1 Å². The van der Waals surface area contributed by atoms with Crippen molar-refractivity contribution >= 4 is 16.9 Å². The van der Waals surface area contributed by atoms with Gasteiger partial charge in [0.05, 0.1) is 6.42 Å². The minimum Gasteiger partial charge on any atom is -0.481 e. The highest BCUT2D eigenvalue weighted by Gasteiger charge is 2.25. The Labute approximate surface area is 160 Å². The van der Waals surface area contributed by atoms with Gasteiger partial charge >= 0.3 is 5.97 Å². The van der Waals surface area contributed by atoms with E-state index in [1.807, 2.05) is 6.07 Å². The van der Waals surface area contributed by atoms with Crippen LogP contribution >= 0.6 is 0 Å². The maximum atomic E-state index is 11.7. The lowest BCUT2D eigenvalue weighted by molar-refractivity contribution is -0.137. The molecule has 3 nitrogen and oxygen atoms in total. The number of hydrogen-bond acceptors (Lipinski definition) is 1. The fourth-order valence-corrected chi connectivity index (χ4v) is 4.64. The van der Waals surface area contributed by atoms with E-state index >= 15 is 0 Å². The fourth-order valence-electron chi connectivity index (χ4n) is 4.64. The van der Waals surface area contributed by atoms with Crippen LogP contribution in [0.2, 0.25) is 0 Å². The number of hydrogen-bond donors (Lipinski definition) is 1. The van der Waals surface area contributed by atoms with Crippen molar-refractivity contribution in [1.82, 2.24) is 4.57 Å². The molecule has 1 unspecified atom stereocenters. The summed E-state index contributed by atoms with van der Waals surface area (Å²) in [5, 5.41) is 10.8. The van der Waals surface area contributed by atoms with E-state index in [1.165, 1.54) is 48.6 Å². The summed E-state index contributed by atoms with van der Waals surface area (Å²) < 4.78 is 2.43. The Morgan fingerprint density at radius 3 is 2.63 bits per heavy atom. The van der Waals surface area contributed by atoms with Crippen molar-refractivity contribution in [2.24, 2.45) is 0 Å². The van der Waals surface area contributed by atoms with Crippen molar-refractivity contribution in [1.29, 1.82) is 0 Å². The highest BCUT2D eigenvalue weighted by molar-refractivity contribution is 5.86. The molecule has 1 fully saturated rings. The van der Waals surface area contributed by atoms with E-state index in [-0.39, 0.29) is 12.3 Å². The van der Waals surface area contributed by atoms with Gasteiger partial charge in [-0.05, 0) is 37.0 Å². The molecule has 0 bridgehead atoms. The van der Waals surface area contributed by atoms with Crippen molar-refractivity contribution in [3.63, 3.8) is 0 Å². The number of benzene rings is 2. The zero-order chi connectivity index (χ0) is 18.8. The standard InChI is InChI=1S/C24H27NO2/c1-17-8-7-9-18(14-17)21(15-24(26)27)22-16-25(19-10-3-2-4-11-19)23-13-6-5-12-20(22)23/h5-9,12-14,16,19,21H,2-4,10-11,15H2,1H3,(H,26,27). The molecule has 2 aromatic carbocycles. The van der Waals surface area contributed by atoms with Gasteiger partial charge in [-0.15, -0.1) is 0 Å². The van der Waals surface area contributed by atoms with Crippen LogP contribution in [-0.2, 0) is 4.79 Å². The van der Waals surface area contributed by atoms with E-state index in [4.69, 9.17) is 0 Å². The molecule has 1 aliphatic carbocycles. The second-order valence-electron chi connectivity index (χ2n) is 7.87. The Balaban J connectivity index is 1.85. The number of fused-ring (bicyclic) bond motifs is 1. The molecule has 0 amide bonds. The summed E-state index contributed by atoms with van der Waals surface area (Å²) in [5.41, 5.74) is 4.63. The third kappa shape index (κ3) is 3.64. The highest BCUT2D eigenvalue weighted by atomic mass is 16.4. The maximum absolute atomic E-state index is 11.7. The summed E-state index contributed by atoms with van der Waals surface area (Å²) in [7, 11) is 0. The van der Waals surface area contributed by atoms with Crippen LogP contribution in [0, 0.1) is 6.92 Å². The lowest BCUT2D eigenvalue weighted by Crippen LogP contribution is -2.12. The topological polar surface area (TPSA) is 42.2 Å². The molecule has 1 aromatic heterocycles. The third-order valence-electron chi connectivity index (χ3n) is 5.94. The molecule has 3 aromatic rings. The summed E-state index contributed by atoms with van der Waals surface area (Å²) in [5.74, 6) is -0.881. The van der Waals surface area contributed by atoms with Gasteiger partial charge in [0.15, 0.2) is 0 Å². The molecule has 27 heavy (non-hydrogen) atoms. The number of aryl methyl sites for hydroxylation is 1. The Bertz CT molecular complexity index is 950. The van der Waals surface area contributed by atoms with Crippen LogP contribution in [0.4, 0.5) is 0 Å².